The molecule has 36 heavy (non-hydrogen) atoms. The second-order valence-corrected chi connectivity index (χ2v) is 9.40. The summed E-state index contributed by atoms with van der Waals surface area (Å²) >= 11 is 0. The van der Waals surface area contributed by atoms with E-state index < -0.39 is 5.97 Å². The summed E-state index contributed by atoms with van der Waals surface area (Å²) < 4.78 is 0. The molecular formula is C31H31N3O2. The van der Waals surface area contributed by atoms with Crippen molar-refractivity contribution >= 4 is 11.8 Å². The van der Waals surface area contributed by atoms with Crippen LogP contribution < -0.4 is 5.32 Å². The van der Waals surface area contributed by atoms with E-state index in [1.165, 1.54) is 33.4 Å². The maximum absolute atomic E-state index is 11.6. The van der Waals surface area contributed by atoms with E-state index in [4.69, 9.17) is 0 Å². The molecule has 0 amide bonds. The zero-order valence-corrected chi connectivity index (χ0v) is 20.3. The van der Waals surface area contributed by atoms with Gasteiger partial charge >= 0.3 is 5.97 Å². The molecule has 0 bridgehead atoms. The van der Waals surface area contributed by atoms with Crippen molar-refractivity contribution in [1.82, 2.24) is 9.88 Å². The van der Waals surface area contributed by atoms with Crippen LogP contribution in [0.1, 0.15) is 34.6 Å². The van der Waals surface area contributed by atoms with E-state index in [-0.39, 0.29) is 12.3 Å². The van der Waals surface area contributed by atoms with Crippen LogP contribution in [0, 0.1) is 0 Å². The van der Waals surface area contributed by atoms with Gasteiger partial charge in [0.15, 0.2) is 0 Å². The van der Waals surface area contributed by atoms with Gasteiger partial charge in [0.1, 0.15) is 5.82 Å². The maximum atomic E-state index is 11.6. The maximum Gasteiger partial charge on any atom is 0.304 e. The summed E-state index contributed by atoms with van der Waals surface area (Å²) in [5, 5.41) is 12.9. The Kier molecular flexibility index (Phi) is 7.39. The highest BCUT2D eigenvalue weighted by molar-refractivity contribution is 5.69. The summed E-state index contributed by atoms with van der Waals surface area (Å²) in [4.78, 5) is 18.3. The summed E-state index contributed by atoms with van der Waals surface area (Å²) in [5.74, 6) is 0.139. The third-order valence-corrected chi connectivity index (χ3v) is 6.91. The largest absolute Gasteiger partial charge is 0.481 e. The molecule has 1 unspecified atom stereocenters. The van der Waals surface area contributed by atoms with Gasteiger partial charge in [-0.25, -0.2) is 4.98 Å². The average molecular weight is 478 g/mol. The molecule has 1 aliphatic heterocycles. The highest BCUT2D eigenvalue weighted by atomic mass is 16.4. The molecule has 4 aromatic rings. The smallest absolute Gasteiger partial charge is 0.304 e. The molecule has 1 aliphatic rings. The highest BCUT2D eigenvalue weighted by Gasteiger charge is 2.25. The Bertz CT molecular complexity index is 1300. The summed E-state index contributed by atoms with van der Waals surface area (Å²) in [6.07, 6.45) is 2.90. The molecule has 5 heteroatoms. The van der Waals surface area contributed by atoms with Crippen LogP contribution in [0.2, 0.25) is 0 Å². The number of benzene rings is 3. The molecule has 5 nitrogen and oxygen atoms in total. The van der Waals surface area contributed by atoms with Gasteiger partial charge in [-0.15, -0.1) is 0 Å². The Labute approximate surface area is 212 Å². The Morgan fingerprint density at radius 2 is 1.72 bits per heavy atom. The van der Waals surface area contributed by atoms with Crippen LogP contribution in [0.25, 0.3) is 11.1 Å². The highest BCUT2D eigenvalue weighted by Crippen LogP contribution is 2.30. The van der Waals surface area contributed by atoms with Crippen LogP contribution in [-0.4, -0.2) is 34.0 Å². The van der Waals surface area contributed by atoms with Crippen LogP contribution in [0.5, 0.6) is 0 Å². The zero-order chi connectivity index (χ0) is 24.7. The predicted molar refractivity (Wildman–Crippen MR) is 144 cm³/mol. The minimum atomic E-state index is -0.739. The number of carbonyl (C=O) groups is 1. The lowest BCUT2D eigenvalue weighted by Crippen LogP contribution is -2.28. The number of carboxylic acids is 1. The summed E-state index contributed by atoms with van der Waals surface area (Å²) in [6, 6.07) is 31.4. The zero-order valence-electron chi connectivity index (χ0n) is 20.3. The number of anilines is 1. The van der Waals surface area contributed by atoms with Crippen molar-refractivity contribution in [2.45, 2.75) is 31.8 Å². The number of aromatic nitrogens is 1. The standard InChI is InChI=1S/C31H31N3O2/c35-31(36)19-27-22-34(18-16-24-7-1-3-10-29(24)27)21-23-12-14-25(15-13-23)28-9-4-2-8-26(28)20-33-30-11-5-6-17-32-30/h1-15,17,27H,16,18-22H2,(H,32,33)(H,35,36). The number of carboxylic acid groups (broad SMARTS) is 1. The van der Waals surface area contributed by atoms with E-state index in [1.807, 2.05) is 24.3 Å². The quantitative estimate of drug-likeness (QED) is 0.327. The fraction of sp³-hybridized carbons (Fsp3) is 0.226. The van der Waals surface area contributed by atoms with E-state index in [0.717, 1.165) is 31.9 Å². The van der Waals surface area contributed by atoms with Crippen molar-refractivity contribution < 1.29 is 9.90 Å². The molecular weight excluding hydrogens is 446 g/mol. The number of fused-ring (bicyclic) bond motifs is 1. The molecule has 0 saturated heterocycles. The first-order valence-corrected chi connectivity index (χ1v) is 12.5. The first-order chi connectivity index (χ1) is 17.7. The second kappa shape index (κ2) is 11.2. The Morgan fingerprint density at radius 3 is 2.53 bits per heavy atom. The van der Waals surface area contributed by atoms with Crippen molar-refractivity contribution in [1.29, 1.82) is 0 Å². The van der Waals surface area contributed by atoms with Crippen molar-refractivity contribution in [3.8, 4) is 11.1 Å². The lowest BCUT2D eigenvalue weighted by molar-refractivity contribution is -0.137. The first kappa shape index (κ1) is 23.8. The van der Waals surface area contributed by atoms with Crippen molar-refractivity contribution in [3.05, 3.63) is 119 Å². The first-order valence-electron chi connectivity index (χ1n) is 12.5. The number of hydrogen-bond acceptors (Lipinski definition) is 4. The van der Waals surface area contributed by atoms with Crippen LogP contribution in [0.3, 0.4) is 0 Å². The molecule has 0 radical (unpaired) electrons. The third kappa shape index (κ3) is 5.81. The number of rotatable bonds is 8. The average Bonchev–Trinajstić information content (AvgIpc) is 3.08. The van der Waals surface area contributed by atoms with Crippen LogP contribution in [-0.2, 0) is 24.3 Å². The number of pyridine rings is 1. The van der Waals surface area contributed by atoms with Crippen molar-refractivity contribution in [2.24, 2.45) is 0 Å². The van der Waals surface area contributed by atoms with Crippen LogP contribution in [0.15, 0.2) is 97.2 Å². The fourth-order valence-electron chi connectivity index (χ4n) is 5.13. The molecule has 3 aromatic carbocycles. The topological polar surface area (TPSA) is 65.5 Å². The van der Waals surface area contributed by atoms with Gasteiger partial charge < -0.3 is 10.4 Å². The van der Waals surface area contributed by atoms with Gasteiger partial charge in [-0.05, 0) is 51.9 Å². The Morgan fingerprint density at radius 1 is 0.944 bits per heavy atom. The summed E-state index contributed by atoms with van der Waals surface area (Å²) in [7, 11) is 0. The monoisotopic (exact) mass is 477 g/mol. The molecule has 0 spiro atoms. The van der Waals surface area contributed by atoms with Gasteiger partial charge in [-0.3, -0.25) is 9.69 Å². The number of aliphatic carboxylic acids is 1. The van der Waals surface area contributed by atoms with Crippen molar-refractivity contribution in [2.75, 3.05) is 18.4 Å². The molecule has 182 valence electrons. The van der Waals surface area contributed by atoms with E-state index in [2.05, 4.69) is 81.9 Å². The predicted octanol–water partition coefficient (Wildman–Crippen LogP) is 5.98. The molecule has 1 atom stereocenters. The van der Waals surface area contributed by atoms with Gasteiger partial charge in [-0.1, -0.05) is 78.9 Å². The van der Waals surface area contributed by atoms with Gasteiger partial charge in [-0.2, -0.15) is 0 Å². The van der Waals surface area contributed by atoms with Crippen LogP contribution in [0.4, 0.5) is 5.82 Å². The lowest BCUT2D eigenvalue weighted by atomic mass is 9.91. The minimum Gasteiger partial charge on any atom is -0.481 e. The molecule has 2 N–H and O–H groups in total. The fourth-order valence-corrected chi connectivity index (χ4v) is 5.13. The number of hydrogen-bond donors (Lipinski definition) is 2. The molecule has 0 aliphatic carbocycles. The second-order valence-electron chi connectivity index (χ2n) is 9.40. The molecule has 0 saturated carbocycles. The van der Waals surface area contributed by atoms with E-state index in [1.54, 1.807) is 6.20 Å². The Balaban J connectivity index is 1.28. The SMILES string of the molecule is O=C(O)CC1CN(Cc2ccc(-c3ccccc3CNc3ccccn3)cc2)CCc2ccccc21. The van der Waals surface area contributed by atoms with E-state index in [0.29, 0.717) is 6.54 Å². The normalized spacial score (nSPS) is 15.6. The summed E-state index contributed by atoms with van der Waals surface area (Å²) in [6.45, 7) is 3.20. The van der Waals surface area contributed by atoms with Gasteiger partial charge in [0.25, 0.3) is 0 Å². The third-order valence-electron chi connectivity index (χ3n) is 6.91. The van der Waals surface area contributed by atoms with Crippen LogP contribution >= 0.6 is 0 Å². The summed E-state index contributed by atoms with van der Waals surface area (Å²) in [5.41, 5.74) is 7.31. The molecule has 5 rings (SSSR count). The lowest BCUT2D eigenvalue weighted by Gasteiger charge is -2.24. The molecule has 2 heterocycles. The molecule has 0 fully saturated rings. The van der Waals surface area contributed by atoms with Crippen molar-refractivity contribution in [3.63, 3.8) is 0 Å². The van der Waals surface area contributed by atoms with E-state index in [9.17, 15) is 9.90 Å². The number of nitrogens with zero attached hydrogens (tertiary/aromatic N) is 2. The molecule has 1 aromatic heterocycles. The number of nitrogens with one attached hydrogen (secondary N) is 1. The van der Waals surface area contributed by atoms with E-state index >= 15 is 0 Å². The Hall–Kier alpha value is -3.96. The van der Waals surface area contributed by atoms with Gasteiger partial charge in [0, 0.05) is 38.3 Å². The van der Waals surface area contributed by atoms with Gasteiger partial charge in [0.05, 0.1) is 6.42 Å². The van der Waals surface area contributed by atoms with Gasteiger partial charge in [0.2, 0.25) is 0 Å². The minimum absolute atomic E-state index is 0.0129.